The molecule has 1 aliphatic rings. The number of anilines is 1. The Balaban J connectivity index is 1.42. The number of aromatic amines is 1. The lowest BCUT2D eigenvalue weighted by Crippen LogP contribution is -2.27. The summed E-state index contributed by atoms with van der Waals surface area (Å²) in [7, 11) is 1.66. The van der Waals surface area contributed by atoms with Crippen molar-refractivity contribution in [2.75, 3.05) is 25.9 Å². The number of nitrogen functional groups attached to an aromatic ring is 1. The van der Waals surface area contributed by atoms with Gasteiger partial charge in [-0.05, 0) is 50.6 Å². The van der Waals surface area contributed by atoms with E-state index in [1.807, 2.05) is 37.4 Å². The third kappa shape index (κ3) is 4.26. The van der Waals surface area contributed by atoms with Crippen LogP contribution in [0.4, 0.5) is 5.82 Å². The molecule has 1 aromatic carbocycles. The van der Waals surface area contributed by atoms with Crippen LogP contribution in [0.2, 0.25) is 0 Å². The van der Waals surface area contributed by atoms with Gasteiger partial charge in [0.05, 0.1) is 18.7 Å². The van der Waals surface area contributed by atoms with Gasteiger partial charge in [-0.25, -0.2) is 4.98 Å². The summed E-state index contributed by atoms with van der Waals surface area (Å²) in [5, 5.41) is 11.8. The molecule has 1 atom stereocenters. The number of furan rings is 1. The number of rotatable bonds is 7. The fraction of sp³-hybridized carbons (Fsp3) is 0.360. The number of hydrogen-bond acceptors (Lipinski definition) is 7. The van der Waals surface area contributed by atoms with Crippen molar-refractivity contribution in [1.29, 1.82) is 0 Å². The summed E-state index contributed by atoms with van der Waals surface area (Å²) < 4.78 is 17.5. The molecular weight excluding hydrogens is 418 g/mol. The Morgan fingerprint density at radius 2 is 1.94 bits per heavy atom. The largest absolute Gasteiger partial charge is 0.497 e. The van der Waals surface area contributed by atoms with Gasteiger partial charge in [0.2, 0.25) is 5.75 Å². The van der Waals surface area contributed by atoms with Gasteiger partial charge in [-0.1, -0.05) is 12.1 Å². The third-order valence-corrected chi connectivity index (χ3v) is 6.31. The molecule has 0 amide bonds. The number of pyridine rings is 1. The predicted octanol–water partition coefficient (Wildman–Crippen LogP) is 4.29. The minimum Gasteiger partial charge on any atom is -0.497 e. The molecule has 0 saturated carbocycles. The number of benzene rings is 1. The van der Waals surface area contributed by atoms with Crippen molar-refractivity contribution in [2.24, 2.45) is 0 Å². The van der Waals surface area contributed by atoms with Crippen molar-refractivity contribution in [1.82, 2.24) is 20.5 Å². The minimum atomic E-state index is -0.124. The monoisotopic (exact) mass is 447 g/mol. The standard InChI is InChI=1S/C25H29N5O3/c1-15(11-16-3-5-18(31-2)6-4-16)33-24-23-20(12-28-25(24)26)21(14-32-23)19-13-29-30-22(19)17-7-9-27-10-8-17/h3-6,12-15,17,27H,7-11H2,1-2H3,(H2,26,28)(H,29,30). The lowest BCUT2D eigenvalue weighted by Gasteiger charge is -2.22. The van der Waals surface area contributed by atoms with Crippen LogP contribution in [-0.2, 0) is 6.42 Å². The number of H-pyrrole nitrogens is 1. The van der Waals surface area contributed by atoms with Gasteiger partial charge < -0.3 is 24.9 Å². The van der Waals surface area contributed by atoms with E-state index < -0.39 is 0 Å². The predicted molar refractivity (Wildman–Crippen MR) is 128 cm³/mol. The van der Waals surface area contributed by atoms with Crippen molar-refractivity contribution in [2.45, 2.75) is 38.2 Å². The van der Waals surface area contributed by atoms with Crippen molar-refractivity contribution >= 4 is 16.8 Å². The fourth-order valence-corrected chi connectivity index (χ4v) is 4.57. The first kappa shape index (κ1) is 21.3. The topological polar surface area (TPSA) is 111 Å². The van der Waals surface area contributed by atoms with Crippen molar-refractivity contribution < 1.29 is 13.9 Å². The van der Waals surface area contributed by atoms with Crippen LogP contribution in [0.15, 0.2) is 47.3 Å². The Morgan fingerprint density at radius 3 is 2.70 bits per heavy atom. The number of piperidine rings is 1. The number of nitrogens with zero attached hydrogens (tertiary/aromatic N) is 2. The van der Waals surface area contributed by atoms with E-state index in [1.54, 1.807) is 19.6 Å². The number of nitrogens with two attached hydrogens (primary N) is 1. The minimum absolute atomic E-state index is 0.124. The zero-order valence-electron chi connectivity index (χ0n) is 18.9. The molecule has 0 bridgehead atoms. The smallest absolute Gasteiger partial charge is 0.205 e. The summed E-state index contributed by atoms with van der Waals surface area (Å²) in [5.41, 5.74) is 11.1. The second-order valence-corrected chi connectivity index (χ2v) is 8.57. The first-order valence-electron chi connectivity index (χ1n) is 11.3. The van der Waals surface area contributed by atoms with E-state index >= 15 is 0 Å². The van der Waals surface area contributed by atoms with Gasteiger partial charge in [-0.15, -0.1) is 0 Å². The highest BCUT2D eigenvalue weighted by Gasteiger charge is 2.24. The summed E-state index contributed by atoms with van der Waals surface area (Å²) in [4.78, 5) is 4.41. The van der Waals surface area contributed by atoms with E-state index in [4.69, 9.17) is 19.6 Å². The number of aromatic nitrogens is 3. The fourth-order valence-electron chi connectivity index (χ4n) is 4.57. The first-order valence-corrected chi connectivity index (χ1v) is 11.3. The molecule has 1 unspecified atom stereocenters. The first-order chi connectivity index (χ1) is 16.1. The molecule has 0 spiro atoms. The van der Waals surface area contributed by atoms with Crippen LogP contribution in [0.3, 0.4) is 0 Å². The van der Waals surface area contributed by atoms with Crippen LogP contribution in [0.1, 0.15) is 36.9 Å². The van der Waals surface area contributed by atoms with Gasteiger partial charge >= 0.3 is 0 Å². The summed E-state index contributed by atoms with van der Waals surface area (Å²) >= 11 is 0. The maximum atomic E-state index is 6.25. The Bertz CT molecular complexity index is 1220. The van der Waals surface area contributed by atoms with Crippen molar-refractivity contribution in [3.05, 3.63) is 54.2 Å². The molecule has 8 nitrogen and oxygen atoms in total. The number of hydrogen-bond donors (Lipinski definition) is 3. The molecule has 0 radical (unpaired) electrons. The maximum Gasteiger partial charge on any atom is 0.205 e. The zero-order chi connectivity index (χ0) is 22.8. The molecule has 4 heterocycles. The Kier molecular flexibility index (Phi) is 5.92. The van der Waals surface area contributed by atoms with E-state index in [0.717, 1.165) is 65.9 Å². The lowest BCUT2D eigenvalue weighted by molar-refractivity contribution is 0.223. The molecule has 8 heteroatoms. The Labute approximate surface area is 192 Å². The summed E-state index contributed by atoms with van der Waals surface area (Å²) in [6.45, 7) is 4.03. The van der Waals surface area contributed by atoms with E-state index in [2.05, 4.69) is 20.5 Å². The molecule has 172 valence electrons. The maximum absolute atomic E-state index is 6.25. The third-order valence-electron chi connectivity index (χ3n) is 6.31. The van der Waals surface area contributed by atoms with Crippen molar-refractivity contribution in [3.8, 4) is 22.6 Å². The summed E-state index contributed by atoms with van der Waals surface area (Å²) in [6.07, 6.45) is 8.12. The molecule has 1 aliphatic heterocycles. The van der Waals surface area contributed by atoms with Crippen LogP contribution >= 0.6 is 0 Å². The highest BCUT2D eigenvalue weighted by atomic mass is 16.5. The van der Waals surface area contributed by atoms with Crippen LogP contribution in [0.25, 0.3) is 22.1 Å². The Hall–Kier alpha value is -3.52. The van der Waals surface area contributed by atoms with Crippen LogP contribution in [-0.4, -0.2) is 41.5 Å². The van der Waals surface area contributed by atoms with Crippen molar-refractivity contribution in [3.63, 3.8) is 0 Å². The average Bonchev–Trinajstić information content (AvgIpc) is 3.49. The second kappa shape index (κ2) is 9.15. The van der Waals surface area contributed by atoms with E-state index in [1.165, 1.54) is 0 Å². The normalized spacial score (nSPS) is 15.6. The number of methoxy groups -OCH3 is 1. The van der Waals surface area contributed by atoms with Gasteiger partial charge in [-0.2, -0.15) is 5.10 Å². The quantitative estimate of drug-likeness (QED) is 0.388. The lowest BCUT2D eigenvalue weighted by atomic mass is 9.90. The number of nitrogens with one attached hydrogen (secondary N) is 2. The van der Waals surface area contributed by atoms with E-state index in [9.17, 15) is 0 Å². The molecule has 4 aromatic rings. The Morgan fingerprint density at radius 1 is 1.15 bits per heavy atom. The van der Waals surface area contributed by atoms with Gasteiger partial charge in [0.25, 0.3) is 0 Å². The molecule has 0 aliphatic carbocycles. The molecule has 4 N–H and O–H groups in total. The molecule has 33 heavy (non-hydrogen) atoms. The molecular formula is C25H29N5O3. The van der Waals surface area contributed by atoms with Gasteiger partial charge in [0.15, 0.2) is 11.4 Å². The second-order valence-electron chi connectivity index (χ2n) is 8.57. The van der Waals surface area contributed by atoms with Gasteiger partial charge in [-0.3, -0.25) is 5.10 Å². The molecule has 3 aromatic heterocycles. The highest BCUT2D eigenvalue weighted by molar-refractivity contribution is 5.98. The van der Waals surface area contributed by atoms with Crippen LogP contribution in [0.5, 0.6) is 11.5 Å². The number of ether oxygens (including phenoxy) is 2. The SMILES string of the molecule is COc1ccc(CC(C)Oc2c(N)ncc3c(-c4cn[nH]c4C4CCNCC4)coc23)cc1. The van der Waals surface area contributed by atoms with E-state index in [0.29, 0.717) is 23.1 Å². The molecule has 1 saturated heterocycles. The van der Waals surface area contributed by atoms with Gasteiger partial charge in [0.1, 0.15) is 18.1 Å². The number of fused-ring (bicyclic) bond motifs is 1. The van der Waals surface area contributed by atoms with E-state index in [-0.39, 0.29) is 6.10 Å². The average molecular weight is 448 g/mol. The highest BCUT2D eigenvalue weighted by Crippen LogP contribution is 2.41. The summed E-state index contributed by atoms with van der Waals surface area (Å²) in [6, 6.07) is 7.96. The van der Waals surface area contributed by atoms with Crippen LogP contribution in [0, 0.1) is 0 Å². The molecule has 5 rings (SSSR count). The van der Waals surface area contributed by atoms with Crippen LogP contribution < -0.4 is 20.5 Å². The zero-order valence-corrected chi connectivity index (χ0v) is 18.9. The summed E-state index contributed by atoms with van der Waals surface area (Å²) in [5.74, 6) is 2.06. The molecule has 1 fully saturated rings. The van der Waals surface area contributed by atoms with Gasteiger partial charge in [0, 0.05) is 35.4 Å².